The van der Waals surface area contributed by atoms with Crippen molar-refractivity contribution in [2.45, 2.75) is 24.3 Å². The highest BCUT2D eigenvalue weighted by Crippen LogP contribution is 2.56. The van der Waals surface area contributed by atoms with Crippen LogP contribution < -0.4 is 16.0 Å². The number of rotatable bonds is 5. The summed E-state index contributed by atoms with van der Waals surface area (Å²) in [6, 6.07) is 18.9. The Kier molecular flexibility index (Phi) is 3.47. The van der Waals surface area contributed by atoms with Crippen LogP contribution in [0, 0.1) is 0 Å². The molecule has 2 aromatic carbocycles. The maximum atomic E-state index is 5.87. The van der Waals surface area contributed by atoms with Gasteiger partial charge in [0.05, 0.1) is 13.2 Å². The minimum atomic E-state index is 0.111. The molecular weight excluding hydrogens is 248 g/mol. The Bertz CT molecular complexity index is 579. The molecule has 0 radical (unpaired) electrons. The SMILES string of the molecule is COc1cccc(C(NN)C2(c3ccccc3)CC2)c1. The summed E-state index contributed by atoms with van der Waals surface area (Å²) in [6.45, 7) is 0. The van der Waals surface area contributed by atoms with Crippen LogP contribution in [0.1, 0.15) is 30.0 Å². The van der Waals surface area contributed by atoms with Gasteiger partial charge in [0.25, 0.3) is 0 Å². The number of ether oxygens (including phenoxy) is 1. The first-order chi connectivity index (χ1) is 9.80. The zero-order valence-electron chi connectivity index (χ0n) is 11.7. The summed E-state index contributed by atoms with van der Waals surface area (Å²) in [5, 5.41) is 0. The number of hydrogen-bond donors (Lipinski definition) is 2. The van der Waals surface area contributed by atoms with Crippen molar-refractivity contribution >= 4 is 0 Å². The molecule has 1 saturated carbocycles. The lowest BCUT2D eigenvalue weighted by molar-refractivity contribution is 0.407. The lowest BCUT2D eigenvalue weighted by Gasteiger charge is -2.27. The molecule has 104 valence electrons. The molecule has 3 heteroatoms. The molecule has 1 aliphatic rings. The first kappa shape index (κ1) is 13.2. The van der Waals surface area contributed by atoms with Gasteiger partial charge in [-0.05, 0) is 36.1 Å². The number of nitrogens with two attached hydrogens (primary N) is 1. The smallest absolute Gasteiger partial charge is 0.119 e. The first-order valence-electron chi connectivity index (χ1n) is 6.96. The van der Waals surface area contributed by atoms with Crippen LogP contribution in [0.25, 0.3) is 0 Å². The predicted octanol–water partition coefficient (Wildman–Crippen LogP) is 2.93. The second-order valence-electron chi connectivity index (χ2n) is 5.40. The quantitative estimate of drug-likeness (QED) is 0.647. The summed E-state index contributed by atoms with van der Waals surface area (Å²) in [6.07, 6.45) is 2.31. The fourth-order valence-electron chi connectivity index (χ4n) is 3.04. The van der Waals surface area contributed by atoms with E-state index in [1.165, 1.54) is 11.1 Å². The van der Waals surface area contributed by atoms with Crippen molar-refractivity contribution in [3.63, 3.8) is 0 Å². The third kappa shape index (κ3) is 2.19. The standard InChI is InChI=1S/C17H20N2O/c1-20-15-9-5-6-13(12-15)16(19-18)17(10-11-17)14-7-3-2-4-8-14/h2-9,12,16,19H,10-11,18H2,1H3. The Morgan fingerprint density at radius 2 is 1.85 bits per heavy atom. The number of nitrogens with one attached hydrogen (secondary N) is 1. The van der Waals surface area contributed by atoms with E-state index in [-0.39, 0.29) is 11.5 Å². The highest BCUT2D eigenvalue weighted by molar-refractivity contribution is 5.40. The largest absolute Gasteiger partial charge is 0.497 e. The molecule has 0 bridgehead atoms. The molecule has 0 amide bonds. The van der Waals surface area contributed by atoms with Crippen LogP contribution in [0.5, 0.6) is 5.75 Å². The molecule has 1 unspecified atom stereocenters. The van der Waals surface area contributed by atoms with Crippen LogP contribution >= 0.6 is 0 Å². The first-order valence-corrected chi connectivity index (χ1v) is 6.96. The molecule has 0 aliphatic heterocycles. The van der Waals surface area contributed by atoms with Gasteiger partial charge in [0.1, 0.15) is 5.75 Å². The fraction of sp³-hybridized carbons (Fsp3) is 0.294. The Labute approximate surface area is 119 Å². The molecule has 1 atom stereocenters. The van der Waals surface area contributed by atoms with Gasteiger partial charge in [0.15, 0.2) is 0 Å². The van der Waals surface area contributed by atoms with Gasteiger partial charge in [-0.15, -0.1) is 0 Å². The summed E-state index contributed by atoms with van der Waals surface area (Å²) < 4.78 is 5.32. The molecule has 2 aromatic rings. The fourth-order valence-corrected chi connectivity index (χ4v) is 3.04. The van der Waals surface area contributed by atoms with Crippen LogP contribution in [-0.4, -0.2) is 7.11 Å². The Hall–Kier alpha value is -1.84. The topological polar surface area (TPSA) is 47.3 Å². The number of hydrogen-bond acceptors (Lipinski definition) is 3. The minimum Gasteiger partial charge on any atom is -0.497 e. The molecule has 1 fully saturated rings. The Morgan fingerprint density at radius 1 is 1.10 bits per heavy atom. The molecule has 0 aromatic heterocycles. The molecule has 0 heterocycles. The third-order valence-corrected chi connectivity index (χ3v) is 4.28. The van der Waals surface area contributed by atoms with E-state index in [2.05, 4.69) is 47.9 Å². The molecule has 0 spiro atoms. The summed E-state index contributed by atoms with van der Waals surface area (Å²) in [4.78, 5) is 0. The average Bonchev–Trinajstić information content (AvgIpc) is 3.31. The van der Waals surface area contributed by atoms with E-state index in [1.54, 1.807) is 7.11 Å². The summed E-state index contributed by atoms with van der Waals surface area (Å²) in [5.74, 6) is 6.74. The number of hydrazine groups is 1. The Balaban J connectivity index is 1.97. The summed E-state index contributed by atoms with van der Waals surface area (Å²) in [7, 11) is 1.69. The van der Waals surface area contributed by atoms with E-state index in [9.17, 15) is 0 Å². The van der Waals surface area contributed by atoms with Gasteiger partial charge in [-0.1, -0.05) is 42.5 Å². The third-order valence-electron chi connectivity index (χ3n) is 4.28. The second kappa shape index (κ2) is 5.27. The van der Waals surface area contributed by atoms with Gasteiger partial charge in [-0.25, -0.2) is 0 Å². The van der Waals surface area contributed by atoms with Crippen molar-refractivity contribution in [2.75, 3.05) is 7.11 Å². The van der Waals surface area contributed by atoms with Crippen molar-refractivity contribution in [3.8, 4) is 5.75 Å². The van der Waals surface area contributed by atoms with Gasteiger partial charge < -0.3 is 4.74 Å². The van der Waals surface area contributed by atoms with E-state index in [4.69, 9.17) is 10.6 Å². The van der Waals surface area contributed by atoms with Crippen LogP contribution in [0.15, 0.2) is 54.6 Å². The monoisotopic (exact) mass is 268 g/mol. The molecule has 3 N–H and O–H groups in total. The number of benzene rings is 2. The summed E-state index contributed by atoms with van der Waals surface area (Å²) in [5.41, 5.74) is 5.66. The maximum absolute atomic E-state index is 5.87. The molecule has 1 aliphatic carbocycles. The van der Waals surface area contributed by atoms with Crippen molar-refractivity contribution in [1.29, 1.82) is 0 Å². The Morgan fingerprint density at radius 3 is 2.45 bits per heavy atom. The number of methoxy groups -OCH3 is 1. The van der Waals surface area contributed by atoms with Crippen LogP contribution in [-0.2, 0) is 5.41 Å². The molecule has 20 heavy (non-hydrogen) atoms. The minimum absolute atomic E-state index is 0.111. The predicted molar refractivity (Wildman–Crippen MR) is 80.4 cm³/mol. The molecular formula is C17H20N2O. The van der Waals surface area contributed by atoms with Crippen molar-refractivity contribution in [2.24, 2.45) is 5.84 Å². The van der Waals surface area contributed by atoms with Gasteiger partial charge in [-0.3, -0.25) is 11.3 Å². The van der Waals surface area contributed by atoms with Crippen molar-refractivity contribution in [1.82, 2.24) is 5.43 Å². The van der Waals surface area contributed by atoms with Crippen molar-refractivity contribution < 1.29 is 4.74 Å². The van der Waals surface area contributed by atoms with Gasteiger partial charge >= 0.3 is 0 Å². The highest BCUT2D eigenvalue weighted by Gasteiger charge is 2.50. The molecule has 0 saturated heterocycles. The van der Waals surface area contributed by atoms with Crippen molar-refractivity contribution in [3.05, 3.63) is 65.7 Å². The summed E-state index contributed by atoms with van der Waals surface area (Å²) >= 11 is 0. The van der Waals surface area contributed by atoms with Crippen LogP contribution in [0.3, 0.4) is 0 Å². The molecule has 3 rings (SSSR count). The van der Waals surface area contributed by atoms with E-state index < -0.39 is 0 Å². The van der Waals surface area contributed by atoms with E-state index in [0.717, 1.165) is 18.6 Å². The zero-order valence-corrected chi connectivity index (χ0v) is 11.7. The average molecular weight is 268 g/mol. The van der Waals surface area contributed by atoms with Crippen LogP contribution in [0.4, 0.5) is 0 Å². The van der Waals surface area contributed by atoms with Crippen LogP contribution in [0.2, 0.25) is 0 Å². The maximum Gasteiger partial charge on any atom is 0.119 e. The van der Waals surface area contributed by atoms with Gasteiger partial charge in [0.2, 0.25) is 0 Å². The van der Waals surface area contributed by atoms with E-state index >= 15 is 0 Å². The molecule has 3 nitrogen and oxygen atoms in total. The lowest BCUT2D eigenvalue weighted by atomic mass is 9.84. The van der Waals surface area contributed by atoms with E-state index in [0.29, 0.717) is 0 Å². The lowest BCUT2D eigenvalue weighted by Crippen LogP contribution is -2.36. The van der Waals surface area contributed by atoms with Gasteiger partial charge in [0, 0.05) is 5.41 Å². The zero-order chi connectivity index (χ0) is 14.0. The normalized spacial score (nSPS) is 17.5. The highest BCUT2D eigenvalue weighted by atomic mass is 16.5. The van der Waals surface area contributed by atoms with E-state index in [1.807, 2.05) is 12.1 Å². The second-order valence-corrected chi connectivity index (χ2v) is 5.40. The van der Waals surface area contributed by atoms with Gasteiger partial charge in [-0.2, -0.15) is 0 Å².